The maximum Gasteiger partial charge on any atom is 0.251 e. The second-order valence-electron chi connectivity index (χ2n) is 7.53. The number of aromatic nitrogens is 7. The highest BCUT2D eigenvalue weighted by Crippen LogP contribution is 2.24. The van der Waals surface area contributed by atoms with Gasteiger partial charge in [0.25, 0.3) is 5.91 Å². The summed E-state index contributed by atoms with van der Waals surface area (Å²) in [6.07, 6.45) is 5.01. The van der Waals surface area contributed by atoms with Gasteiger partial charge in [-0.1, -0.05) is 19.9 Å². The second kappa shape index (κ2) is 8.78. The summed E-state index contributed by atoms with van der Waals surface area (Å²) in [6.45, 7) is 6.36. The van der Waals surface area contributed by atoms with Crippen LogP contribution in [0.2, 0.25) is 0 Å². The summed E-state index contributed by atoms with van der Waals surface area (Å²) in [4.78, 5) is 17.5. The lowest BCUT2D eigenvalue weighted by Crippen LogP contribution is -2.23. The van der Waals surface area contributed by atoms with Gasteiger partial charge >= 0.3 is 0 Å². The minimum absolute atomic E-state index is 0.118. The molecule has 156 valence electrons. The van der Waals surface area contributed by atoms with E-state index in [0.717, 1.165) is 22.4 Å². The molecule has 0 fully saturated rings. The molecule has 3 aromatic heterocycles. The van der Waals surface area contributed by atoms with Crippen LogP contribution >= 0.6 is 0 Å². The minimum Gasteiger partial charge on any atom is -0.348 e. The molecule has 0 aliphatic heterocycles. The van der Waals surface area contributed by atoms with Crippen molar-refractivity contribution in [2.75, 3.05) is 0 Å². The number of benzene rings is 1. The molecule has 9 nitrogen and oxygen atoms in total. The molecule has 0 bridgehead atoms. The van der Waals surface area contributed by atoms with E-state index in [1.807, 2.05) is 45.0 Å². The van der Waals surface area contributed by atoms with Crippen molar-refractivity contribution in [2.24, 2.45) is 0 Å². The van der Waals surface area contributed by atoms with Crippen molar-refractivity contribution in [3.05, 3.63) is 77.5 Å². The molecule has 4 aromatic rings. The Morgan fingerprint density at radius 1 is 1.10 bits per heavy atom. The van der Waals surface area contributed by atoms with Crippen LogP contribution in [0.4, 0.5) is 0 Å². The molecule has 1 amide bonds. The number of pyridine rings is 1. The number of carbonyl (C=O) groups excluding carboxylic acids is 1. The third-order valence-corrected chi connectivity index (χ3v) is 4.74. The van der Waals surface area contributed by atoms with Gasteiger partial charge in [0.1, 0.15) is 0 Å². The van der Waals surface area contributed by atoms with Gasteiger partial charge in [0.2, 0.25) is 0 Å². The lowest BCUT2D eigenvalue weighted by atomic mass is 10.0. The standard InChI is InChI=1S/C22H22N8O/c1-14(2)21-27-28-29-30(21)19-9-17(20-5-4-15(3)11-23-20)8-18(10-19)22(31)24-12-16-6-7-25-26-13-16/h4-11,13-14H,12H2,1-3H3,(H,24,31). The number of carbonyl (C=O) groups is 1. The molecule has 0 aliphatic carbocycles. The van der Waals surface area contributed by atoms with Gasteiger partial charge in [-0.2, -0.15) is 14.9 Å². The number of rotatable bonds is 6. The van der Waals surface area contributed by atoms with Crippen molar-refractivity contribution in [1.29, 1.82) is 0 Å². The molecule has 0 saturated carbocycles. The average molecular weight is 414 g/mol. The van der Waals surface area contributed by atoms with Gasteiger partial charge in [0.05, 0.1) is 17.6 Å². The molecule has 0 aliphatic rings. The van der Waals surface area contributed by atoms with Crippen molar-refractivity contribution < 1.29 is 4.79 Å². The summed E-state index contributed by atoms with van der Waals surface area (Å²) >= 11 is 0. The van der Waals surface area contributed by atoms with E-state index >= 15 is 0 Å². The molecular weight excluding hydrogens is 392 g/mol. The Morgan fingerprint density at radius 2 is 1.97 bits per heavy atom. The first kappa shape index (κ1) is 20.3. The lowest BCUT2D eigenvalue weighted by Gasteiger charge is -2.12. The van der Waals surface area contributed by atoms with Crippen LogP contribution in [-0.4, -0.2) is 41.3 Å². The van der Waals surface area contributed by atoms with Crippen LogP contribution in [-0.2, 0) is 6.54 Å². The number of hydrogen-bond donors (Lipinski definition) is 1. The second-order valence-corrected chi connectivity index (χ2v) is 7.53. The van der Waals surface area contributed by atoms with Gasteiger partial charge in [0, 0.05) is 36.0 Å². The van der Waals surface area contributed by atoms with Gasteiger partial charge in [-0.3, -0.25) is 9.78 Å². The van der Waals surface area contributed by atoms with Crippen LogP contribution < -0.4 is 5.32 Å². The normalized spacial score (nSPS) is 11.0. The van der Waals surface area contributed by atoms with E-state index in [0.29, 0.717) is 23.6 Å². The molecule has 1 aromatic carbocycles. The summed E-state index contributed by atoms with van der Waals surface area (Å²) in [6, 6.07) is 11.3. The third kappa shape index (κ3) is 4.61. The number of nitrogens with zero attached hydrogens (tertiary/aromatic N) is 7. The fourth-order valence-corrected chi connectivity index (χ4v) is 3.10. The van der Waals surface area contributed by atoms with E-state index in [4.69, 9.17) is 0 Å². The van der Waals surface area contributed by atoms with Gasteiger partial charge in [0.15, 0.2) is 5.82 Å². The largest absolute Gasteiger partial charge is 0.348 e. The van der Waals surface area contributed by atoms with Crippen molar-refractivity contribution in [3.8, 4) is 16.9 Å². The average Bonchev–Trinajstić information content (AvgIpc) is 3.29. The molecule has 0 spiro atoms. The molecule has 0 atom stereocenters. The quantitative estimate of drug-likeness (QED) is 0.516. The monoisotopic (exact) mass is 414 g/mol. The minimum atomic E-state index is -0.216. The zero-order valence-electron chi connectivity index (χ0n) is 17.5. The summed E-state index contributed by atoms with van der Waals surface area (Å²) in [7, 11) is 0. The van der Waals surface area contributed by atoms with E-state index in [-0.39, 0.29) is 11.8 Å². The zero-order valence-corrected chi connectivity index (χ0v) is 17.5. The van der Waals surface area contributed by atoms with Crippen LogP contribution in [0.3, 0.4) is 0 Å². The van der Waals surface area contributed by atoms with Crippen molar-refractivity contribution in [2.45, 2.75) is 33.2 Å². The Hall–Kier alpha value is -4.01. The SMILES string of the molecule is Cc1ccc(-c2cc(C(=O)NCc3ccnnc3)cc(-n3nnnc3C(C)C)c2)nc1. The maximum atomic E-state index is 13.0. The van der Waals surface area contributed by atoms with Gasteiger partial charge in [-0.15, -0.1) is 5.10 Å². The predicted molar refractivity (Wildman–Crippen MR) is 114 cm³/mol. The fourth-order valence-electron chi connectivity index (χ4n) is 3.10. The molecule has 3 heterocycles. The molecule has 31 heavy (non-hydrogen) atoms. The summed E-state index contributed by atoms with van der Waals surface area (Å²) < 4.78 is 1.66. The summed E-state index contributed by atoms with van der Waals surface area (Å²) in [5.74, 6) is 0.613. The van der Waals surface area contributed by atoms with Crippen LogP contribution in [0, 0.1) is 6.92 Å². The Balaban J connectivity index is 1.73. The van der Waals surface area contributed by atoms with Crippen LogP contribution in [0.15, 0.2) is 55.0 Å². The number of nitrogens with one attached hydrogen (secondary N) is 1. The molecule has 0 saturated heterocycles. The molecular formula is C22H22N8O. The predicted octanol–water partition coefficient (Wildman–Crippen LogP) is 2.88. The van der Waals surface area contributed by atoms with Gasteiger partial charge in [-0.05, 0) is 58.8 Å². The zero-order chi connectivity index (χ0) is 21.8. The highest BCUT2D eigenvalue weighted by molar-refractivity contribution is 5.96. The molecule has 4 rings (SSSR count). The number of aryl methyl sites for hydroxylation is 1. The van der Waals surface area contributed by atoms with Crippen LogP contribution in [0.25, 0.3) is 16.9 Å². The molecule has 9 heteroatoms. The Kier molecular flexibility index (Phi) is 5.74. The smallest absolute Gasteiger partial charge is 0.251 e. The first-order chi connectivity index (χ1) is 15.0. The summed E-state index contributed by atoms with van der Waals surface area (Å²) in [5, 5.41) is 22.6. The van der Waals surface area contributed by atoms with E-state index in [1.165, 1.54) is 0 Å². The number of tetrazole rings is 1. The van der Waals surface area contributed by atoms with E-state index in [9.17, 15) is 4.79 Å². The lowest BCUT2D eigenvalue weighted by molar-refractivity contribution is 0.0951. The first-order valence-electron chi connectivity index (χ1n) is 9.92. The van der Waals surface area contributed by atoms with E-state index < -0.39 is 0 Å². The molecule has 1 N–H and O–H groups in total. The van der Waals surface area contributed by atoms with Crippen molar-refractivity contribution in [3.63, 3.8) is 0 Å². The molecule has 0 unspecified atom stereocenters. The third-order valence-electron chi connectivity index (χ3n) is 4.74. The topological polar surface area (TPSA) is 111 Å². The summed E-state index contributed by atoms with van der Waals surface area (Å²) in [5.41, 5.74) is 4.68. The number of amides is 1. The Bertz CT molecular complexity index is 1190. The van der Waals surface area contributed by atoms with Crippen LogP contribution in [0.1, 0.15) is 47.1 Å². The highest BCUT2D eigenvalue weighted by Gasteiger charge is 2.16. The van der Waals surface area contributed by atoms with Crippen molar-refractivity contribution >= 4 is 5.91 Å². The van der Waals surface area contributed by atoms with Gasteiger partial charge in [-0.25, -0.2) is 0 Å². The maximum absolute atomic E-state index is 13.0. The fraction of sp³-hybridized carbons (Fsp3) is 0.227. The number of hydrogen-bond acceptors (Lipinski definition) is 7. The van der Waals surface area contributed by atoms with Gasteiger partial charge < -0.3 is 5.32 Å². The highest BCUT2D eigenvalue weighted by atomic mass is 16.1. The van der Waals surface area contributed by atoms with Crippen molar-refractivity contribution in [1.82, 2.24) is 40.7 Å². The van der Waals surface area contributed by atoms with E-state index in [2.05, 4.69) is 36.0 Å². The van der Waals surface area contributed by atoms with Crippen LogP contribution in [0.5, 0.6) is 0 Å². The Labute approximate surface area is 179 Å². The molecule has 0 radical (unpaired) electrons. The van der Waals surface area contributed by atoms with E-state index in [1.54, 1.807) is 35.4 Å². The Morgan fingerprint density at radius 3 is 2.68 bits per heavy atom. The first-order valence-corrected chi connectivity index (χ1v) is 9.92.